The van der Waals surface area contributed by atoms with E-state index in [1.54, 1.807) is 13.2 Å². The molecule has 1 unspecified atom stereocenters. The predicted molar refractivity (Wildman–Crippen MR) is 232 cm³/mol. The second kappa shape index (κ2) is 18.1. The average Bonchev–Trinajstić information content (AvgIpc) is 3.54. The Morgan fingerprint density at radius 2 is 1.72 bits per heavy atom. The van der Waals surface area contributed by atoms with Crippen molar-refractivity contribution in [3.63, 3.8) is 0 Å². The third-order valence-electron chi connectivity index (χ3n) is 13.1. The number of likely N-dealkylation sites (tertiary alicyclic amines) is 2. The van der Waals surface area contributed by atoms with E-state index in [1.807, 2.05) is 31.2 Å². The molecule has 12 nitrogen and oxygen atoms in total. The SMILES string of the molecule is COc1cc2c(N[C@H](C)c3cccc(Br)c3)nc(C)nc2cc1OCCCCN1CCC2(CC1)CCN(CCc1cc3c(cc1F)C(=O)N(C1CCC(=O)NC1=O)C3)CC2. The molecule has 1 spiro atoms. The summed E-state index contributed by atoms with van der Waals surface area (Å²) < 4.78 is 28.3. The first-order valence-corrected chi connectivity index (χ1v) is 22.2. The normalized spacial score (nSPS) is 20.1. The molecule has 3 aromatic carbocycles. The first-order valence-electron chi connectivity index (χ1n) is 21.4. The van der Waals surface area contributed by atoms with Crippen LogP contribution in [-0.2, 0) is 22.6 Å². The number of fused-ring (bicyclic) bond motifs is 2. The molecule has 0 bridgehead atoms. The highest BCUT2D eigenvalue weighted by Crippen LogP contribution is 2.42. The molecule has 5 heterocycles. The zero-order valence-electron chi connectivity index (χ0n) is 34.8. The van der Waals surface area contributed by atoms with Gasteiger partial charge in [0.05, 0.1) is 25.3 Å². The fraction of sp³-hybridized carbons (Fsp3) is 0.500. The largest absolute Gasteiger partial charge is 0.493 e. The number of carbonyl (C=O) groups is 3. The number of anilines is 1. The van der Waals surface area contributed by atoms with E-state index in [2.05, 4.69) is 55.4 Å². The Balaban J connectivity index is 0.760. The van der Waals surface area contributed by atoms with Gasteiger partial charge in [0.2, 0.25) is 11.8 Å². The number of aromatic nitrogens is 2. The van der Waals surface area contributed by atoms with Gasteiger partial charge >= 0.3 is 0 Å². The van der Waals surface area contributed by atoms with Crippen LogP contribution < -0.4 is 20.1 Å². The quantitative estimate of drug-likeness (QED) is 0.0980. The summed E-state index contributed by atoms with van der Waals surface area (Å²) in [4.78, 5) is 53.1. The zero-order valence-corrected chi connectivity index (χ0v) is 36.4. The summed E-state index contributed by atoms with van der Waals surface area (Å²) in [5, 5.41) is 6.78. The second-order valence-corrected chi connectivity index (χ2v) is 18.0. The number of rotatable bonds is 14. The van der Waals surface area contributed by atoms with E-state index in [1.165, 1.54) is 23.8 Å². The number of aryl methyl sites for hydroxylation is 1. The van der Waals surface area contributed by atoms with E-state index in [-0.39, 0.29) is 36.6 Å². The van der Waals surface area contributed by atoms with Gasteiger partial charge < -0.3 is 29.5 Å². The zero-order chi connectivity index (χ0) is 42.0. The lowest BCUT2D eigenvalue weighted by Gasteiger charge is -2.47. The Morgan fingerprint density at radius 1 is 0.967 bits per heavy atom. The van der Waals surface area contributed by atoms with Crippen LogP contribution in [0.4, 0.5) is 10.2 Å². The number of ether oxygens (including phenoxy) is 2. The molecule has 60 heavy (non-hydrogen) atoms. The molecule has 2 atom stereocenters. The number of carbonyl (C=O) groups excluding carboxylic acids is 3. The van der Waals surface area contributed by atoms with Crippen molar-refractivity contribution in [1.82, 2.24) is 30.0 Å². The Morgan fingerprint density at radius 3 is 2.43 bits per heavy atom. The van der Waals surface area contributed by atoms with Crippen molar-refractivity contribution < 1.29 is 28.2 Å². The molecule has 14 heteroatoms. The second-order valence-electron chi connectivity index (χ2n) is 17.1. The van der Waals surface area contributed by atoms with Gasteiger partial charge in [-0.3, -0.25) is 19.7 Å². The predicted octanol–water partition coefficient (Wildman–Crippen LogP) is 7.36. The number of methoxy groups -OCH3 is 1. The third-order valence-corrected chi connectivity index (χ3v) is 13.6. The maximum Gasteiger partial charge on any atom is 0.255 e. The molecule has 0 saturated carbocycles. The van der Waals surface area contributed by atoms with Crippen molar-refractivity contribution >= 4 is 50.4 Å². The molecule has 4 aromatic rings. The third kappa shape index (κ3) is 9.30. The standard InChI is InChI=1S/C46H55BrFN7O5/c1-29(31-7-6-8-34(47)24-31)49-43-36-26-40(59-3)41(27-38(36)50-30(2)51-43)60-22-5-4-16-53-18-12-46(13-19-53)14-20-54(21-15-46)17-11-32-23-33-28-55(45(58)35(33)25-37(32)48)39-9-10-42(56)52-44(39)57/h6-8,23-27,29,39H,4-5,9-22,28H2,1-3H3,(H,49,50,51)(H,52,56,57)/t29-,39?/m1/s1. The van der Waals surface area contributed by atoms with E-state index in [0.29, 0.717) is 53.3 Å². The van der Waals surface area contributed by atoms with Crippen LogP contribution in [0.25, 0.3) is 10.9 Å². The van der Waals surface area contributed by atoms with Gasteiger partial charge in [0.1, 0.15) is 23.5 Å². The summed E-state index contributed by atoms with van der Waals surface area (Å²) in [5.74, 6) is 1.29. The van der Waals surface area contributed by atoms with E-state index in [9.17, 15) is 14.4 Å². The number of benzene rings is 3. The lowest BCUT2D eigenvalue weighted by Crippen LogP contribution is -2.52. The Bertz CT molecular complexity index is 2260. The Hall–Kier alpha value is -4.66. The number of halogens is 2. The van der Waals surface area contributed by atoms with Gasteiger partial charge in [-0.1, -0.05) is 34.1 Å². The minimum atomic E-state index is -0.703. The Labute approximate surface area is 359 Å². The molecule has 0 radical (unpaired) electrons. The molecule has 3 saturated heterocycles. The molecular weight excluding hydrogens is 829 g/mol. The van der Waals surface area contributed by atoms with Crippen LogP contribution in [0.1, 0.15) is 97.2 Å². The number of nitrogens with one attached hydrogen (secondary N) is 2. The topological polar surface area (TPSA) is 129 Å². The number of hydrogen-bond donors (Lipinski definition) is 2. The van der Waals surface area contributed by atoms with Crippen molar-refractivity contribution in [2.45, 2.75) is 90.3 Å². The van der Waals surface area contributed by atoms with E-state index in [0.717, 1.165) is 97.3 Å². The molecule has 4 aliphatic rings. The molecule has 3 fully saturated rings. The molecule has 3 amide bonds. The van der Waals surface area contributed by atoms with Crippen molar-refractivity contribution in [1.29, 1.82) is 0 Å². The van der Waals surface area contributed by atoms with Crippen LogP contribution in [0.3, 0.4) is 0 Å². The molecule has 1 aromatic heterocycles. The summed E-state index contributed by atoms with van der Waals surface area (Å²) in [6, 6.07) is 14.7. The van der Waals surface area contributed by atoms with Gasteiger partial charge in [0.25, 0.3) is 5.91 Å². The molecule has 318 valence electrons. The fourth-order valence-electron chi connectivity index (χ4n) is 9.43. The average molecular weight is 885 g/mol. The minimum absolute atomic E-state index is 0.0354. The highest BCUT2D eigenvalue weighted by Gasteiger charge is 2.40. The number of nitrogens with zero attached hydrogens (tertiary/aromatic N) is 5. The number of unbranched alkanes of at least 4 members (excludes halogenated alkanes) is 1. The van der Waals surface area contributed by atoms with Crippen LogP contribution >= 0.6 is 15.9 Å². The Kier molecular flexibility index (Phi) is 12.7. The van der Waals surface area contributed by atoms with E-state index < -0.39 is 11.9 Å². The van der Waals surface area contributed by atoms with Crippen LogP contribution in [0, 0.1) is 18.2 Å². The number of imide groups is 1. The van der Waals surface area contributed by atoms with E-state index >= 15 is 4.39 Å². The van der Waals surface area contributed by atoms with Crippen LogP contribution in [0.5, 0.6) is 11.5 Å². The van der Waals surface area contributed by atoms with Crippen molar-refractivity contribution in [2.75, 3.05) is 58.3 Å². The fourth-order valence-corrected chi connectivity index (χ4v) is 9.85. The number of amides is 3. The molecule has 2 N–H and O–H groups in total. The van der Waals surface area contributed by atoms with Crippen molar-refractivity contribution in [3.8, 4) is 11.5 Å². The molecule has 4 aliphatic heterocycles. The van der Waals surface area contributed by atoms with E-state index in [4.69, 9.17) is 19.4 Å². The van der Waals surface area contributed by atoms with Gasteiger partial charge in [0, 0.05) is 41.0 Å². The van der Waals surface area contributed by atoms with Gasteiger partial charge in [-0.15, -0.1) is 0 Å². The highest BCUT2D eigenvalue weighted by molar-refractivity contribution is 9.10. The van der Waals surface area contributed by atoms with Crippen molar-refractivity contribution in [3.05, 3.63) is 86.9 Å². The van der Waals surface area contributed by atoms with Gasteiger partial charge in [0.15, 0.2) is 11.5 Å². The van der Waals surface area contributed by atoms with Crippen molar-refractivity contribution in [2.24, 2.45) is 5.41 Å². The van der Waals surface area contributed by atoms with Crippen LogP contribution in [0.2, 0.25) is 0 Å². The first kappa shape index (κ1) is 42.0. The first-order chi connectivity index (χ1) is 29.0. The summed E-state index contributed by atoms with van der Waals surface area (Å²) in [5.41, 5.74) is 4.02. The lowest BCUT2D eigenvalue weighted by atomic mass is 9.71. The monoisotopic (exact) mass is 883 g/mol. The van der Waals surface area contributed by atoms with Crippen LogP contribution in [0.15, 0.2) is 53.0 Å². The highest BCUT2D eigenvalue weighted by atomic mass is 79.9. The summed E-state index contributed by atoms with van der Waals surface area (Å²) in [7, 11) is 1.66. The summed E-state index contributed by atoms with van der Waals surface area (Å²) in [6.07, 6.45) is 7.80. The minimum Gasteiger partial charge on any atom is -0.493 e. The smallest absolute Gasteiger partial charge is 0.255 e. The van der Waals surface area contributed by atoms with Gasteiger partial charge in [-0.05, 0) is 144 Å². The molecule has 0 aliphatic carbocycles. The van der Waals surface area contributed by atoms with Crippen LogP contribution in [-0.4, -0.2) is 101 Å². The molecular formula is C46H55BrFN7O5. The maximum absolute atomic E-state index is 15.3. The van der Waals surface area contributed by atoms with Gasteiger partial charge in [-0.25, -0.2) is 14.4 Å². The lowest BCUT2D eigenvalue weighted by molar-refractivity contribution is -0.136. The number of piperidine rings is 3. The molecule has 8 rings (SSSR count). The summed E-state index contributed by atoms with van der Waals surface area (Å²) in [6.45, 7) is 11.0. The number of hydrogen-bond acceptors (Lipinski definition) is 10. The summed E-state index contributed by atoms with van der Waals surface area (Å²) >= 11 is 3.57. The maximum atomic E-state index is 15.3. The van der Waals surface area contributed by atoms with Gasteiger partial charge in [-0.2, -0.15) is 0 Å².